The van der Waals surface area contributed by atoms with Crippen molar-refractivity contribution in [3.8, 4) is 0 Å². The largest absolute Gasteiger partial charge is 0.396 e. The maximum atomic E-state index is 13.0. The van der Waals surface area contributed by atoms with E-state index < -0.39 is 15.8 Å². The molecule has 1 aliphatic rings. The molecule has 0 radical (unpaired) electrons. The van der Waals surface area contributed by atoms with Gasteiger partial charge in [0.2, 0.25) is 10.0 Å². The van der Waals surface area contributed by atoms with Gasteiger partial charge in [-0.3, -0.25) is 0 Å². The molecule has 4 nitrogen and oxygen atoms in total. The first kappa shape index (κ1) is 13.6. The number of anilines is 1. The molecule has 0 spiro atoms. The number of rotatable bonds is 5. The quantitative estimate of drug-likeness (QED) is 0.808. The lowest BCUT2D eigenvalue weighted by Crippen LogP contribution is -2.31. The molecule has 7 heteroatoms. The Balaban J connectivity index is 2.13. The highest BCUT2D eigenvalue weighted by Gasteiger charge is 2.42. The second kappa shape index (κ2) is 4.71. The van der Waals surface area contributed by atoms with Gasteiger partial charge in [0.1, 0.15) is 5.82 Å². The van der Waals surface area contributed by atoms with Crippen molar-refractivity contribution in [2.45, 2.75) is 22.5 Å². The Morgan fingerprint density at radius 2 is 2.17 bits per heavy atom. The molecule has 1 fully saturated rings. The first-order valence-corrected chi connectivity index (χ1v) is 8.19. The van der Waals surface area contributed by atoms with Crippen LogP contribution in [0.4, 0.5) is 10.1 Å². The number of halogens is 1. The van der Waals surface area contributed by atoms with Crippen LogP contribution in [0.2, 0.25) is 0 Å². The Hall–Kier alpha value is -0.790. The van der Waals surface area contributed by atoms with Crippen LogP contribution in [0.25, 0.3) is 0 Å². The number of hydrogen-bond acceptors (Lipinski definition) is 4. The van der Waals surface area contributed by atoms with Crippen molar-refractivity contribution in [3.05, 3.63) is 24.0 Å². The normalized spacial score (nSPS) is 17.7. The standard InChI is InChI=1S/C11H15FN2O2S2/c1-17-11(4-5-11)7-14-18(15,16)8-2-3-9(12)10(13)6-8/h2-3,6,14H,4-5,7,13H2,1H3. The molecule has 1 aromatic rings. The first-order valence-electron chi connectivity index (χ1n) is 5.48. The molecule has 0 heterocycles. The van der Waals surface area contributed by atoms with E-state index in [9.17, 15) is 12.8 Å². The molecule has 0 aliphatic heterocycles. The highest BCUT2D eigenvalue weighted by atomic mass is 32.2. The van der Waals surface area contributed by atoms with Crippen LogP contribution in [0.1, 0.15) is 12.8 Å². The van der Waals surface area contributed by atoms with Gasteiger partial charge < -0.3 is 5.73 Å². The molecule has 0 aromatic heterocycles. The van der Waals surface area contributed by atoms with Crippen molar-refractivity contribution in [3.63, 3.8) is 0 Å². The van der Waals surface area contributed by atoms with E-state index in [1.807, 2.05) is 6.26 Å². The summed E-state index contributed by atoms with van der Waals surface area (Å²) in [4.78, 5) is -0.00157. The van der Waals surface area contributed by atoms with Gasteiger partial charge >= 0.3 is 0 Å². The lowest BCUT2D eigenvalue weighted by Gasteiger charge is -2.13. The third kappa shape index (κ3) is 2.78. The molecule has 2 rings (SSSR count). The zero-order valence-electron chi connectivity index (χ0n) is 9.94. The van der Waals surface area contributed by atoms with E-state index in [0.717, 1.165) is 25.0 Å². The van der Waals surface area contributed by atoms with Gasteiger partial charge in [-0.1, -0.05) is 0 Å². The second-order valence-electron chi connectivity index (χ2n) is 4.40. The van der Waals surface area contributed by atoms with Gasteiger partial charge in [-0.05, 0) is 37.3 Å². The molecule has 0 bridgehead atoms. The van der Waals surface area contributed by atoms with E-state index in [1.165, 1.54) is 6.07 Å². The average Bonchev–Trinajstić information content (AvgIpc) is 3.11. The summed E-state index contributed by atoms with van der Waals surface area (Å²) in [5, 5.41) is 0. The van der Waals surface area contributed by atoms with Crippen molar-refractivity contribution < 1.29 is 12.8 Å². The minimum atomic E-state index is -3.61. The van der Waals surface area contributed by atoms with E-state index in [2.05, 4.69) is 4.72 Å². The molecule has 0 atom stereocenters. The number of hydrogen-bond donors (Lipinski definition) is 2. The molecule has 3 N–H and O–H groups in total. The number of nitrogen functional groups attached to an aromatic ring is 1. The molecule has 0 amide bonds. The highest BCUT2D eigenvalue weighted by Crippen LogP contribution is 2.46. The van der Waals surface area contributed by atoms with Gasteiger partial charge in [0.25, 0.3) is 0 Å². The zero-order valence-corrected chi connectivity index (χ0v) is 11.6. The fourth-order valence-electron chi connectivity index (χ4n) is 1.59. The summed E-state index contributed by atoms with van der Waals surface area (Å²) in [5.74, 6) is -0.614. The topological polar surface area (TPSA) is 72.2 Å². The molecular formula is C11H15FN2O2S2. The van der Waals surface area contributed by atoms with Gasteiger partial charge in [0.05, 0.1) is 10.6 Å². The molecule has 100 valence electrons. The third-order valence-electron chi connectivity index (χ3n) is 3.10. The van der Waals surface area contributed by atoms with E-state index in [4.69, 9.17) is 5.73 Å². The molecule has 1 aliphatic carbocycles. The Morgan fingerprint density at radius 3 is 2.67 bits per heavy atom. The number of sulfonamides is 1. The predicted molar refractivity (Wildman–Crippen MR) is 71.5 cm³/mol. The van der Waals surface area contributed by atoms with Crippen LogP contribution >= 0.6 is 11.8 Å². The minimum Gasteiger partial charge on any atom is -0.396 e. The van der Waals surface area contributed by atoms with Crippen molar-refractivity contribution in [1.82, 2.24) is 4.72 Å². The van der Waals surface area contributed by atoms with Crippen LogP contribution in [0.3, 0.4) is 0 Å². The van der Waals surface area contributed by atoms with Crippen LogP contribution in [-0.4, -0.2) is 26.0 Å². The van der Waals surface area contributed by atoms with Gasteiger partial charge in [-0.15, -0.1) is 0 Å². The summed E-state index contributed by atoms with van der Waals surface area (Å²) < 4.78 is 39.5. The lowest BCUT2D eigenvalue weighted by molar-refractivity contribution is 0.579. The molecule has 1 aromatic carbocycles. The van der Waals surface area contributed by atoms with E-state index in [0.29, 0.717) is 6.54 Å². The SMILES string of the molecule is CSC1(CNS(=O)(=O)c2ccc(F)c(N)c2)CC1. The van der Waals surface area contributed by atoms with Crippen molar-refractivity contribution in [1.29, 1.82) is 0 Å². The van der Waals surface area contributed by atoms with Gasteiger partial charge in [-0.25, -0.2) is 17.5 Å². The third-order valence-corrected chi connectivity index (χ3v) is 5.92. The van der Waals surface area contributed by atoms with Crippen molar-refractivity contribution in [2.24, 2.45) is 0 Å². The zero-order chi connectivity index (χ0) is 13.4. The average molecular weight is 290 g/mol. The van der Waals surface area contributed by atoms with Gasteiger partial charge in [0.15, 0.2) is 0 Å². The highest BCUT2D eigenvalue weighted by molar-refractivity contribution is 8.00. The van der Waals surface area contributed by atoms with Gasteiger partial charge in [-0.2, -0.15) is 11.8 Å². The molecular weight excluding hydrogens is 275 g/mol. The maximum Gasteiger partial charge on any atom is 0.240 e. The lowest BCUT2D eigenvalue weighted by atomic mass is 10.3. The van der Waals surface area contributed by atoms with E-state index >= 15 is 0 Å². The summed E-state index contributed by atoms with van der Waals surface area (Å²) in [6, 6.07) is 3.41. The molecule has 0 saturated heterocycles. The summed E-state index contributed by atoms with van der Waals surface area (Å²) in [6.07, 6.45) is 4.00. The number of benzene rings is 1. The van der Waals surface area contributed by atoms with E-state index in [-0.39, 0.29) is 15.3 Å². The Labute approximate surface area is 110 Å². The fraction of sp³-hybridized carbons (Fsp3) is 0.455. The summed E-state index contributed by atoms with van der Waals surface area (Å²) >= 11 is 1.67. The fourth-order valence-corrected chi connectivity index (χ4v) is 3.57. The van der Waals surface area contributed by atoms with Crippen LogP contribution in [0.15, 0.2) is 23.1 Å². The monoisotopic (exact) mass is 290 g/mol. The van der Waals surface area contributed by atoms with Crippen molar-refractivity contribution in [2.75, 3.05) is 18.5 Å². The Kier molecular flexibility index (Phi) is 3.57. The second-order valence-corrected chi connectivity index (χ2v) is 7.44. The first-order chi connectivity index (χ1) is 8.38. The molecule has 18 heavy (non-hydrogen) atoms. The number of thioether (sulfide) groups is 1. The van der Waals surface area contributed by atoms with Crippen LogP contribution < -0.4 is 10.5 Å². The van der Waals surface area contributed by atoms with Crippen LogP contribution in [0.5, 0.6) is 0 Å². The predicted octanol–water partition coefficient (Wildman–Crippen LogP) is 1.58. The summed E-state index contributed by atoms with van der Waals surface area (Å²) in [6.45, 7) is 0.397. The van der Waals surface area contributed by atoms with Crippen LogP contribution in [-0.2, 0) is 10.0 Å². The van der Waals surface area contributed by atoms with Crippen molar-refractivity contribution >= 4 is 27.5 Å². The smallest absolute Gasteiger partial charge is 0.240 e. The maximum absolute atomic E-state index is 13.0. The number of nitrogens with one attached hydrogen (secondary N) is 1. The van der Waals surface area contributed by atoms with Crippen LogP contribution in [0, 0.1) is 5.82 Å². The molecule has 0 unspecified atom stereocenters. The Bertz CT molecular complexity index is 556. The summed E-state index contributed by atoms with van der Waals surface area (Å²) in [5.41, 5.74) is 5.20. The minimum absolute atomic E-state index is 0.00157. The van der Waals surface area contributed by atoms with Gasteiger partial charge in [0, 0.05) is 11.3 Å². The number of nitrogens with two attached hydrogens (primary N) is 1. The Morgan fingerprint density at radius 1 is 1.50 bits per heavy atom. The summed E-state index contributed by atoms with van der Waals surface area (Å²) in [7, 11) is -3.61. The van der Waals surface area contributed by atoms with E-state index in [1.54, 1.807) is 11.8 Å². The molecule has 1 saturated carbocycles.